The fourth-order valence-corrected chi connectivity index (χ4v) is 4.06. The van der Waals surface area contributed by atoms with Crippen molar-refractivity contribution in [2.75, 3.05) is 11.9 Å². The van der Waals surface area contributed by atoms with E-state index >= 15 is 0 Å². The normalized spacial score (nSPS) is 11.0. The lowest BCUT2D eigenvalue weighted by Gasteiger charge is -2.06. The average Bonchev–Trinajstić information content (AvgIpc) is 3.42. The van der Waals surface area contributed by atoms with Gasteiger partial charge >= 0.3 is 11.8 Å². The Hall–Kier alpha value is -3.18. The molecule has 0 atom stereocenters. The summed E-state index contributed by atoms with van der Waals surface area (Å²) in [5.41, 5.74) is 0.842. The lowest BCUT2D eigenvalue weighted by molar-refractivity contribution is -0.136. The summed E-state index contributed by atoms with van der Waals surface area (Å²) in [5, 5.41) is 13.0. The molecule has 148 valence electrons. The number of thiophene rings is 1. The van der Waals surface area contributed by atoms with Gasteiger partial charge in [0, 0.05) is 30.1 Å². The molecular formula is C18H13F2N5O2S2. The largest absolute Gasteiger partial charge is 0.347 e. The smallest absolute Gasteiger partial charge is 0.313 e. The van der Waals surface area contributed by atoms with E-state index in [0.717, 1.165) is 27.7 Å². The van der Waals surface area contributed by atoms with E-state index in [1.165, 1.54) is 17.4 Å². The number of halogens is 2. The fraction of sp³-hybridized carbons (Fsp3) is 0.111. The fourth-order valence-electron chi connectivity index (χ4n) is 2.55. The zero-order valence-corrected chi connectivity index (χ0v) is 16.3. The number of hydrogen-bond donors (Lipinski definition) is 2. The van der Waals surface area contributed by atoms with Gasteiger partial charge in [0.1, 0.15) is 0 Å². The highest BCUT2D eigenvalue weighted by Crippen LogP contribution is 2.24. The van der Waals surface area contributed by atoms with Crippen molar-refractivity contribution in [3.8, 4) is 10.7 Å². The second-order valence-corrected chi connectivity index (χ2v) is 7.71. The first-order valence-electron chi connectivity index (χ1n) is 8.42. The molecule has 4 aromatic rings. The van der Waals surface area contributed by atoms with Crippen LogP contribution in [0.1, 0.15) is 5.69 Å². The van der Waals surface area contributed by atoms with Gasteiger partial charge < -0.3 is 10.6 Å². The van der Waals surface area contributed by atoms with Gasteiger partial charge in [0.25, 0.3) is 0 Å². The first kappa shape index (κ1) is 19.2. The molecule has 3 aromatic heterocycles. The van der Waals surface area contributed by atoms with E-state index in [1.807, 2.05) is 22.9 Å². The lowest BCUT2D eigenvalue weighted by Crippen LogP contribution is -2.36. The van der Waals surface area contributed by atoms with Crippen molar-refractivity contribution in [2.45, 2.75) is 6.42 Å². The summed E-state index contributed by atoms with van der Waals surface area (Å²) in [5.74, 6) is -3.35. The number of rotatable bonds is 5. The Morgan fingerprint density at radius 2 is 1.97 bits per heavy atom. The number of benzene rings is 1. The molecule has 7 nitrogen and oxygen atoms in total. The maximum atomic E-state index is 13.2. The number of aromatic nitrogens is 3. The minimum Gasteiger partial charge on any atom is -0.347 e. The summed E-state index contributed by atoms with van der Waals surface area (Å²) in [4.78, 5) is 30.0. The molecular weight excluding hydrogens is 420 g/mol. The Balaban J connectivity index is 1.34. The van der Waals surface area contributed by atoms with Crippen LogP contribution < -0.4 is 10.6 Å². The van der Waals surface area contributed by atoms with Crippen LogP contribution in [0.2, 0.25) is 0 Å². The average molecular weight is 433 g/mol. The highest BCUT2D eigenvalue weighted by molar-refractivity contribution is 7.15. The van der Waals surface area contributed by atoms with Crippen LogP contribution in [0.3, 0.4) is 0 Å². The zero-order chi connectivity index (χ0) is 20.4. The first-order chi connectivity index (χ1) is 14.0. The second-order valence-electron chi connectivity index (χ2n) is 5.92. The van der Waals surface area contributed by atoms with Crippen LogP contribution in [0.25, 0.3) is 15.7 Å². The van der Waals surface area contributed by atoms with Gasteiger partial charge in [-0.1, -0.05) is 6.07 Å². The molecule has 11 heteroatoms. The molecule has 0 radical (unpaired) electrons. The Morgan fingerprint density at radius 1 is 1.10 bits per heavy atom. The molecule has 0 unspecified atom stereocenters. The number of amides is 2. The second kappa shape index (κ2) is 8.05. The monoisotopic (exact) mass is 433 g/mol. The third-order valence-corrected chi connectivity index (χ3v) is 5.67. The Labute approximate surface area is 171 Å². The third kappa shape index (κ3) is 4.15. The van der Waals surface area contributed by atoms with Gasteiger partial charge in [-0.25, -0.2) is 13.3 Å². The van der Waals surface area contributed by atoms with Crippen molar-refractivity contribution in [3.63, 3.8) is 0 Å². The van der Waals surface area contributed by atoms with Crippen molar-refractivity contribution in [1.29, 1.82) is 0 Å². The predicted octanol–water partition coefficient (Wildman–Crippen LogP) is 3.09. The number of nitrogens with one attached hydrogen (secondary N) is 2. The molecule has 0 fully saturated rings. The van der Waals surface area contributed by atoms with Gasteiger partial charge in [-0.15, -0.1) is 27.8 Å². The van der Waals surface area contributed by atoms with Crippen LogP contribution >= 0.6 is 22.7 Å². The maximum Gasteiger partial charge on any atom is 0.313 e. The molecule has 3 heterocycles. The van der Waals surface area contributed by atoms with Crippen LogP contribution in [0, 0.1) is 11.6 Å². The molecule has 0 saturated heterocycles. The van der Waals surface area contributed by atoms with Gasteiger partial charge in [0.05, 0.1) is 10.6 Å². The number of carbonyl (C=O) groups excluding carboxylic acids is 2. The van der Waals surface area contributed by atoms with E-state index in [9.17, 15) is 18.4 Å². The van der Waals surface area contributed by atoms with Crippen LogP contribution in [-0.4, -0.2) is 33.0 Å². The number of fused-ring (bicyclic) bond motifs is 1. The van der Waals surface area contributed by atoms with Crippen molar-refractivity contribution in [2.24, 2.45) is 0 Å². The van der Waals surface area contributed by atoms with Crippen LogP contribution in [0.15, 0.2) is 41.1 Å². The molecule has 29 heavy (non-hydrogen) atoms. The molecule has 0 aliphatic carbocycles. The van der Waals surface area contributed by atoms with E-state index in [4.69, 9.17) is 0 Å². The quantitative estimate of drug-likeness (QED) is 0.474. The number of hydrogen-bond acceptors (Lipinski definition) is 6. The molecule has 0 bridgehead atoms. The number of anilines is 1. The topological polar surface area (TPSA) is 88.4 Å². The molecule has 2 amide bonds. The highest BCUT2D eigenvalue weighted by Gasteiger charge is 2.16. The molecule has 2 N–H and O–H groups in total. The van der Waals surface area contributed by atoms with Crippen molar-refractivity contribution >= 4 is 45.1 Å². The molecule has 0 aliphatic heterocycles. The standard InChI is InChI=1S/C18H13F2N5O2S2/c19-12-4-3-10(8-13(12)20)22-17(27)16(26)21-6-5-11-9-29-18-23-15(24-25(11)18)14-2-1-7-28-14/h1-4,7-9H,5-6H2,(H,21,26)(H,22,27). The Kier molecular flexibility index (Phi) is 5.32. The highest BCUT2D eigenvalue weighted by atomic mass is 32.1. The van der Waals surface area contributed by atoms with E-state index < -0.39 is 23.4 Å². The van der Waals surface area contributed by atoms with Crippen molar-refractivity contribution in [1.82, 2.24) is 19.9 Å². The summed E-state index contributed by atoms with van der Waals surface area (Å²) in [6, 6.07) is 6.71. The summed E-state index contributed by atoms with van der Waals surface area (Å²) in [7, 11) is 0. The maximum absolute atomic E-state index is 13.2. The first-order valence-corrected chi connectivity index (χ1v) is 10.2. The van der Waals surface area contributed by atoms with Crippen molar-refractivity contribution in [3.05, 3.63) is 58.4 Å². The van der Waals surface area contributed by atoms with Crippen molar-refractivity contribution < 1.29 is 18.4 Å². The van der Waals surface area contributed by atoms with Gasteiger partial charge in [-0.3, -0.25) is 9.59 Å². The summed E-state index contributed by atoms with van der Waals surface area (Å²) in [6.45, 7) is 0.198. The predicted molar refractivity (Wildman–Crippen MR) is 106 cm³/mol. The number of thiazole rings is 1. The SMILES string of the molecule is O=C(NCCc1csc2nc(-c3cccs3)nn12)C(=O)Nc1ccc(F)c(F)c1. The van der Waals surface area contributed by atoms with Crippen LogP contribution in [0.5, 0.6) is 0 Å². The Bertz CT molecular complexity index is 1190. The van der Waals surface area contributed by atoms with Gasteiger partial charge in [0.2, 0.25) is 4.96 Å². The molecule has 0 aliphatic rings. The lowest BCUT2D eigenvalue weighted by atomic mass is 10.3. The molecule has 1 aromatic carbocycles. The minimum atomic E-state index is -1.11. The molecule has 0 spiro atoms. The molecule has 0 saturated carbocycles. The van der Waals surface area contributed by atoms with Gasteiger partial charge in [-0.05, 0) is 23.6 Å². The van der Waals surface area contributed by atoms with Gasteiger partial charge in [0.15, 0.2) is 17.5 Å². The molecule has 4 rings (SSSR count). The van der Waals surface area contributed by atoms with Crippen LogP contribution in [0.4, 0.5) is 14.5 Å². The minimum absolute atomic E-state index is 0.00712. The van der Waals surface area contributed by atoms with E-state index in [1.54, 1.807) is 15.9 Å². The zero-order valence-electron chi connectivity index (χ0n) is 14.7. The third-order valence-electron chi connectivity index (χ3n) is 3.94. The van der Waals surface area contributed by atoms with E-state index in [0.29, 0.717) is 12.2 Å². The van der Waals surface area contributed by atoms with Crippen LogP contribution in [-0.2, 0) is 16.0 Å². The summed E-state index contributed by atoms with van der Waals surface area (Å²) in [6.07, 6.45) is 0.442. The Morgan fingerprint density at radius 3 is 2.72 bits per heavy atom. The van der Waals surface area contributed by atoms with Gasteiger partial charge in [-0.2, -0.15) is 4.98 Å². The summed E-state index contributed by atoms with van der Waals surface area (Å²) >= 11 is 2.99. The summed E-state index contributed by atoms with van der Waals surface area (Å²) < 4.78 is 27.8. The number of nitrogens with zero attached hydrogens (tertiary/aromatic N) is 3. The van der Waals surface area contributed by atoms with E-state index in [-0.39, 0.29) is 12.2 Å². The number of carbonyl (C=O) groups is 2. The van der Waals surface area contributed by atoms with E-state index in [2.05, 4.69) is 20.7 Å².